The number of sulfonamides is 1. The van der Waals surface area contributed by atoms with Crippen molar-refractivity contribution in [1.82, 2.24) is 0 Å². The largest absolute Gasteiger partial charge is 0.288 e. The molecule has 0 heterocycles. The highest BCUT2D eigenvalue weighted by molar-refractivity contribution is 7.99. The van der Waals surface area contributed by atoms with Crippen LogP contribution in [0.1, 0.15) is 5.56 Å². The Kier molecular flexibility index (Phi) is 5.57. The van der Waals surface area contributed by atoms with Gasteiger partial charge in [0.15, 0.2) is 0 Å². The first-order chi connectivity index (χ1) is 10.4. The SMILES string of the molecule is O=S(=O)(/C=C/c1ccccc1)Nc1ccc(SC(F)F)cc1. The van der Waals surface area contributed by atoms with Crippen LogP contribution >= 0.6 is 11.8 Å². The zero-order chi connectivity index (χ0) is 16.0. The van der Waals surface area contributed by atoms with Crippen molar-refractivity contribution in [1.29, 1.82) is 0 Å². The summed E-state index contributed by atoms with van der Waals surface area (Å²) in [5.74, 6) is -2.50. The zero-order valence-corrected chi connectivity index (χ0v) is 13.0. The number of hydrogen-bond acceptors (Lipinski definition) is 3. The summed E-state index contributed by atoms with van der Waals surface area (Å²) in [6.45, 7) is 0. The number of rotatable bonds is 6. The number of nitrogens with one attached hydrogen (secondary N) is 1. The second-order valence-corrected chi connectivity index (χ2v) is 6.89. The Morgan fingerprint density at radius 1 is 1.00 bits per heavy atom. The van der Waals surface area contributed by atoms with Gasteiger partial charge in [-0.15, -0.1) is 0 Å². The Morgan fingerprint density at radius 2 is 1.64 bits per heavy atom. The van der Waals surface area contributed by atoms with Crippen molar-refractivity contribution in [3.63, 3.8) is 0 Å². The summed E-state index contributed by atoms with van der Waals surface area (Å²) in [6.07, 6.45) is 1.48. The standard InChI is InChI=1S/C15H13F2NO2S2/c16-15(17)21-14-8-6-13(7-9-14)18-22(19,20)11-10-12-4-2-1-3-5-12/h1-11,15,18H/b11-10+. The lowest BCUT2D eigenvalue weighted by Gasteiger charge is -2.05. The molecule has 2 rings (SSSR count). The lowest BCUT2D eigenvalue weighted by atomic mass is 10.2. The smallest absolute Gasteiger partial charge is 0.280 e. The number of benzene rings is 2. The normalized spacial score (nSPS) is 12.0. The predicted molar refractivity (Wildman–Crippen MR) is 86.3 cm³/mol. The van der Waals surface area contributed by atoms with Crippen LogP contribution in [-0.2, 0) is 10.0 Å². The average Bonchev–Trinajstić information content (AvgIpc) is 2.48. The molecule has 0 atom stereocenters. The van der Waals surface area contributed by atoms with Gasteiger partial charge in [-0.1, -0.05) is 42.1 Å². The second-order valence-electron chi connectivity index (χ2n) is 4.26. The van der Waals surface area contributed by atoms with Gasteiger partial charge in [-0.25, -0.2) is 8.42 Å². The lowest BCUT2D eigenvalue weighted by Crippen LogP contribution is -2.08. The molecule has 2 aromatic carbocycles. The van der Waals surface area contributed by atoms with Gasteiger partial charge in [0.2, 0.25) is 0 Å². The molecule has 0 unspecified atom stereocenters. The van der Waals surface area contributed by atoms with E-state index in [9.17, 15) is 17.2 Å². The molecule has 116 valence electrons. The molecule has 1 N–H and O–H groups in total. The van der Waals surface area contributed by atoms with E-state index < -0.39 is 15.8 Å². The minimum absolute atomic E-state index is 0.316. The van der Waals surface area contributed by atoms with Crippen LogP contribution in [0, 0.1) is 0 Å². The summed E-state index contributed by atoms with van der Waals surface area (Å²) in [6, 6.07) is 14.8. The van der Waals surface area contributed by atoms with Gasteiger partial charge in [0, 0.05) is 10.6 Å². The third-order valence-electron chi connectivity index (χ3n) is 2.58. The Hall–Kier alpha value is -1.86. The molecule has 0 radical (unpaired) electrons. The fourth-order valence-electron chi connectivity index (χ4n) is 1.63. The van der Waals surface area contributed by atoms with Gasteiger partial charge in [0.25, 0.3) is 15.8 Å². The highest BCUT2D eigenvalue weighted by atomic mass is 32.2. The van der Waals surface area contributed by atoms with Crippen LogP contribution in [-0.4, -0.2) is 14.2 Å². The van der Waals surface area contributed by atoms with Crippen molar-refractivity contribution in [3.8, 4) is 0 Å². The summed E-state index contributed by atoms with van der Waals surface area (Å²) >= 11 is 0.408. The minimum atomic E-state index is -3.65. The molecular formula is C15H13F2NO2S2. The number of alkyl halides is 2. The third kappa shape index (κ3) is 5.50. The van der Waals surface area contributed by atoms with E-state index in [0.717, 1.165) is 11.0 Å². The Labute approximate surface area is 132 Å². The van der Waals surface area contributed by atoms with Crippen molar-refractivity contribution >= 4 is 33.5 Å². The van der Waals surface area contributed by atoms with Gasteiger partial charge in [0.1, 0.15) is 0 Å². The van der Waals surface area contributed by atoms with Crippen LogP contribution in [0.5, 0.6) is 0 Å². The first kappa shape index (κ1) is 16.5. The molecule has 7 heteroatoms. The Bertz CT molecular complexity index is 730. The molecular weight excluding hydrogens is 328 g/mol. The third-order valence-corrected chi connectivity index (χ3v) is 4.32. The van der Waals surface area contributed by atoms with Crippen molar-refractivity contribution in [3.05, 3.63) is 65.6 Å². The van der Waals surface area contributed by atoms with Gasteiger partial charge in [-0.3, -0.25) is 4.72 Å². The zero-order valence-electron chi connectivity index (χ0n) is 11.3. The molecule has 0 fully saturated rings. The van der Waals surface area contributed by atoms with E-state index >= 15 is 0 Å². The lowest BCUT2D eigenvalue weighted by molar-refractivity contribution is 0.252. The topological polar surface area (TPSA) is 46.2 Å². The second kappa shape index (κ2) is 7.42. The summed E-state index contributed by atoms with van der Waals surface area (Å²) in [5, 5.41) is 1.06. The molecule has 0 spiro atoms. The van der Waals surface area contributed by atoms with Crippen molar-refractivity contribution < 1.29 is 17.2 Å². The number of anilines is 1. The summed E-state index contributed by atoms with van der Waals surface area (Å²) < 4.78 is 50.6. The van der Waals surface area contributed by atoms with Crippen LogP contribution in [0.2, 0.25) is 0 Å². The molecule has 0 bridgehead atoms. The fraction of sp³-hybridized carbons (Fsp3) is 0.0667. The average molecular weight is 341 g/mol. The van der Waals surface area contributed by atoms with Gasteiger partial charge in [-0.05, 0) is 35.9 Å². The summed E-state index contributed by atoms with van der Waals surface area (Å²) in [4.78, 5) is 0.373. The summed E-state index contributed by atoms with van der Waals surface area (Å²) in [7, 11) is -3.65. The van der Waals surface area contributed by atoms with Crippen molar-refractivity contribution in [2.24, 2.45) is 0 Å². The highest BCUT2D eigenvalue weighted by Crippen LogP contribution is 2.26. The Morgan fingerprint density at radius 3 is 2.23 bits per heavy atom. The molecule has 0 amide bonds. The Balaban J connectivity index is 2.04. The number of thioether (sulfide) groups is 1. The van der Waals surface area contributed by atoms with Gasteiger partial charge >= 0.3 is 0 Å². The fourth-order valence-corrected chi connectivity index (χ4v) is 3.00. The molecule has 0 aliphatic carbocycles. The van der Waals surface area contributed by atoms with Gasteiger partial charge in [0.05, 0.1) is 5.41 Å². The molecule has 2 aromatic rings. The van der Waals surface area contributed by atoms with E-state index in [-0.39, 0.29) is 0 Å². The first-order valence-corrected chi connectivity index (χ1v) is 8.68. The molecule has 0 saturated carbocycles. The van der Waals surface area contributed by atoms with Crippen LogP contribution in [0.4, 0.5) is 14.5 Å². The molecule has 0 aliphatic rings. The predicted octanol–water partition coefficient (Wildman–Crippen LogP) is 4.41. The molecule has 0 aromatic heterocycles. The molecule has 0 saturated heterocycles. The monoisotopic (exact) mass is 341 g/mol. The van der Waals surface area contributed by atoms with Crippen LogP contribution in [0.15, 0.2) is 64.9 Å². The van der Waals surface area contributed by atoms with Gasteiger partial charge < -0.3 is 0 Å². The van der Waals surface area contributed by atoms with Crippen molar-refractivity contribution in [2.75, 3.05) is 4.72 Å². The van der Waals surface area contributed by atoms with E-state index in [0.29, 0.717) is 22.3 Å². The number of halogens is 2. The van der Waals surface area contributed by atoms with Crippen molar-refractivity contribution in [2.45, 2.75) is 10.7 Å². The number of hydrogen-bond donors (Lipinski definition) is 1. The first-order valence-electron chi connectivity index (χ1n) is 6.25. The highest BCUT2D eigenvalue weighted by Gasteiger charge is 2.08. The summed E-state index contributed by atoms with van der Waals surface area (Å²) in [5.41, 5.74) is 1.08. The van der Waals surface area contributed by atoms with Gasteiger partial charge in [-0.2, -0.15) is 8.78 Å². The van der Waals surface area contributed by atoms with E-state index in [4.69, 9.17) is 0 Å². The molecule has 3 nitrogen and oxygen atoms in total. The van der Waals surface area contributed by atoms with Crippen LogP contribution in [0.25, 0.3) is 6.08 Å². The minimum Gasteiger partial charge on any atom is -0.280 e. The maximum Gasteiger partial charge on any atom is 0.288 e. The van der Waals surface area contributed by atoms with E-state index in [2.05, 4.69) is 4.72 Å². The van der Waals surface area contributed by atoms with E-state index in [1.807, 2.05) is 6.07 Å². The van der Waals surface area contributed by atoms with Crippen LogP contribution < -0.4 is 4.72 Å². The quantitative estimate of drug-likeness (QED) is 0.792. The van der Waals surface area contributed by atoms with Crippen LogP contribution in [0.3, 0.4) is 0 Å². The maximum atomic E-state index is 12.2. The van der Waals surface area contributed by atoms with E-state index in [1.54, 1.807) is 24.3 Å². The molecule has 22 heavy (non-hydrogen) atoms. The van der Waals surface area contributed by atoms with E-state index in [1.165, 1.54) is 30.3 Å². The molecule has 0 aliphatic heterocycles. The maximum absolute atomic E-state index is 12.2.